The lowest BCUT2D eigenvalue weighted by atomic mass is 10.2. The van der Waals surface area contributed by atoms with Crippen LogP contribution in [0.2, 0.25) is 0 Å². The molecule has 0 bridgehead atoms. The van der Waals surface area contributed by atoms with Crippen LogP contribution in [-0.4, -0.2) is 50.6 Å². The Bertz CT molecular complexity index is 644. The Morgan fingerprint density at radius 2 is 1.62 bits per heavy atom. The van der Waals surface area contributed by atoms with Crippen molar-refractivity contribution in [3.05, 3.63) is 23.1 Å². The van der Waals surface area contributed by atoms with E-state index in [1.807, 2.05) is 12.1 Å². The lowest BCUT2D eigenvalue weighted by molar-refractivity contribution is 0.132. The molecule has 0 fully saturated rings. The first-order chi connectivity index (χ1) is 10.3. The highest BCUT2D eigenvalue weighted by Crippen LogP contribution is 2.32. The highest BCUT2D eigenvalue weighted by molar-refractivity contribution is 7.71. The maximum atomic E-state index is 5.69. The fraction of sp³-hybridized carbons (Fsp3) is 0.429. The molecule has 21 heavy (non-hydrogen) atoms. The smallest absolute Gasteiger partial charge is 0.163 e. The van der Waals surface area contributed by atoms with Crippen LogP contribution in [0.15, 0.2) is 18.5 Å². The largest absolute Gasteiger partial charge is 0.487 e. The summed E-state index contributed by atoms with van der Waals surface area (Å²) < 4.78 is 21.9. The number of ether oxygens (including phenoxy) is 4. The molecule has 1 N–H and O–H groups in total. The Balaban J connectivity index is 2.32. The molecule has 0 spiro atoms. The molecule has 2 rings (SSSR count). The van der Waals surface area contributed by atoms with Gasteiger partial charge in [0.1, 0.15) is 17.9 Å². The second kappa shape index (κ2) is 7.92. The highest BCUT2D eigenvalue weighted by atomic mass is 32.1. The van der Waals surface area contributed by atoms with Crippen molar-refractivity contribution in [3.63, 3.8) is 0 Å². The van der Waals surface area contributed by atoms with Crippen molar-refractivity contribution < 1.29 is 18.9 Å². The standard InChI is InChI=1S/C14H18N2O4S/c1-17-3-5-19-12-7-10-11(15-9-16-14(10)21)8-13(12)20-6-4-18-2/h7-9H,3-6H2,1-2H3,(H,15,16,21). The van der Waals surface area contributed by atoms with E-state index in [4.69, 9.17) is 31.2 Å². The third-order valence-electron chi connectivity index (χ3n) is 2.81. The second-order valence-electron chi connectivity index (χ2n) is 4.23. The van der Waals surface area contributed by atoms with Crippen molar-refractivity contribution in [2.24, 2.45) is 0 Å². The van der Waals surface area contributed by atoms with E-state index in [1.54, 1.807) is 20.5 Å². The molecule has 1 aromatic carbocycles. The van der Waals surface area contributed by atoms with E-state index in [-0.39, 0.29) is 0 Å². The van der Waals surface area contributed by atoms with Crippen molar-refractivity contribution in [3.8, 4) is 11.5 Å². The Hall–Kier alpha value is -1.70. The lowest BCUT2D eigenvalue weighted by Gasteiger charge is -2.13. The van der Waals surface area contributed by atoms with Crippen molar-refractivity contribution in [1.82, 2.24) is 9.97 Å². The van der Waals surface area contributed by atoms with Crippen LogP contribution >= 0.6 is 12.2 Å². The van der Waals surface area contributed by atoms with E-state index in [0.717, 1.165) is 10.9 Å². The van der Waals surface area contributed by atoms with E-state index in [2.05, 4.69) is 9.97 Å². The molecule has 0 radical (unpaired) electrons. The number of fused-ring (bicyclic) bond motifs is 1. The molecular weight excluding hydrogens is 292 g/mol. The molecule has 0 saturated carbocycles. The predicted molar refractivity (Wildman–Crippen MR) is 81.7 cm³/mol. The average molecular weight is 310 g/mol. The van der Waals surface area contributed by atoms with Gasteiger partial charge in [0, 0.05) is 25.7 Å². The number of nitrogens with zero attached hydrogens (tertiary/aromatic N) is 1. The summed E-state index contributed by atoms with van der Waals surface area (Å²) in [5.74, 6) is 1.25. The van der Waals surface area contributed by atoms with E-state index in [1.165, 1.54) is 0 Å². The SMILES string of the molecule is COCCOc1cc2[nH]cnc(=S)c2cc1OCCOC. The molecule has 7 heteroatoms. The number of nitrogens with one attached hydrogen (secondary N) is 1. The van der Waals surface area contributed by atoms with Gasteiger partial charge in [0.25, 0.3) is 0 Å². The summed E-state index contributed by atoms with van der Waals surface area (Å²) in [7, 11) is 3.25. The number of benzene rings is 1. The molecule has 1 aromatic heterocycles. The fourth-order valence-electron chi connectivity index (χ4n) is 1.78. The van der Waals surface area contributed by atoms with Crippen molar-refractivity contribution >= 4 is 23.1 Å². The second-order valence-corrected chi connectivity index (χ2v) is 4.62. The molecule has 0 saturated heterocycles. The van der Waals surface area contributed by atoms with E-state index in [0.29, 0.717) is 42.6 Å². The molecule has 0 aliphatic rings. The van der Waals surface area contributed by atoms with Gasteiger partial charge < -0.3 is 23.9 Å². The lowest BCUT2D eigenvalue weighted by Crippen LogP contribution is -2.08. The van der Waals surface area contributed by atoms with Crippen molar-refractivity contribution in [2.75, 3.05) is 40.6 Å². The normalized spacial score (nSPS) is 10.8. The average Bonchev–Trinajstić information content (AvgIpc) is 2.49. The maximum absolute atomic E-state index is 5.69. The molecular formula is C14H18N2O4S. The quantitative estimate of drug-likeness (QED) is 0.596. The third-order valence-corrected chi connectivity index (χ3v) is 3.13. The predicted octanol–water partition coefficient (Wildman–Crippen LogP) is 2.34. The van der Waals surface area contributed by atoms with Crippen LogP contribution in [0.5, 0.6) is 11.5 Å². The summed E-state index contributed by atoms with van der Waals surface area (Å²) in [5, 5.41) is 0.819. The monoisotopic (exact) mass is 310 g/mol. The first-order valence-electron chi connectivity index (χ1n) is 6.51. The molecule has 0 amide bonds. The Morgan fingerprint density at radius 3 is 2.24 bits per heavy atom. The van der Waals surface area contributed by atoms with Gasteiger partial charge in [-0.2, -0.15) is 0 Å². The minimum atomic E-state index is 0.430. The van der Waals surface area contributed by atoms with Gasteiger partial charge in [0.05, 0.1) is 25.1 Å². The van der Waals surface area contributed by atoms with Crippen LogP contribution < -0.4 is 9.47 Å². The minimum absolute atomic E-state index is 0.430. The number of methoxy groups -OCH3 is 2. The third kappa shape index (κ3) is 4.13. The summed E-state index contributed by atoms with van der Waals surface area (Å²) >= 11 is 5.23. The number of hydrogen-bond acceptors (Lipinski definition) is 6. The summed E-state index contributed by atoms with van der Waals surface area (Å²) in [6.45, 7) is 1.87. The first kappa shape index (κ1) is 15.7. The van der Waals surface area contributed by atoms with Gasteiger partial charge in [-0.3, -0.25) is 0 Å². The number of aromatic nitrogens is 2. The zero-order valence-electron chi connectivity index (χ0n) is 12.0. The Kier molecular flexibility index (Phi) is 5.91. The van der Waals surface area contributed by atoms with Gasteiger partial charge in [0.15, 0.2) is 11.5 Å². The molecule has 0 atom stereocenters. The van der Waals surface area contributed by atoms with Crippen LogP contribution in [0.1, 0.15) is 0 Å². The first-order valence-corrected chi connectivity index (χ1v) is 6.92. The van der Waals surface area contributed by atoms with Crippen LogP contribution in [0.25, 0.3) is 10.9 Å². The highest BCUT2D eigenvalue weighted by Gasteiger charge is 2.09. The van der Waals surface area contributed by atoms with Crippen molar-refractivity contribution in [1.29, 1.82) is 0 Å². The summed E-state index contributed by atoms with van der Waals surface area (Å²) in [5.41, 5.74) is 0.849. The summed E-state index contributed by atoms with van der Waals surface area (Å²) in [6, 6.07) is 3.68. The molecule has 0 unspecified atom stereocenters. The Labute approximate surface area is 128 Å². The molecule has 6 nitrogen and oxygen atoms in total. The molecule has 2 aromatic rings. The molecule has 114 valence electrons. The molecule has 1 heterocycles. The zero-order chi connectivity index (χ0) is 15.1. The minimum Gasteiger partial charge on any atom is -0.487 e. The van der Waals surface area contributed by atoms with Crippen LogP contribution in [0.3, 0.4) is 0 Å². The van der Waals surface area contributed by atoms with E-state index in [9.17, 15) is 0 Å². The van der Waals surface area contributed by atoms with Crippen LogP contribution in [-0.2, 0) is 9.47 Å². The van der Waals surface area contributed by atoms with Crippen molar-refractivity contribution in [2.45, 2.75) is 0 Å². The van der Waals surface area contributed by atoms with E-state index < -0.39 is 0 Å². The summed E-state index contributed by atoms with van der Waals surface area (Å²) in [6.07, 6.45) is 1.56. The fourth-order valence-corrected chi connectivity index (χ4v) is 2.00. The van der Waals surface area contributed by atoms with Gasteiger partial charge in [-0.15, -0.1) is 0 Å². The number of rotatable bonds is 8. The van der Waals surface area contributed by atoms with E-state index >= 15 is 0 Å². The van der Waals surface area contributed by atoms with Crippen LogP contribution in [0, 0.1) is 4.64 Å². The van der Waals surface area contributed by atoms with Gasteiger partial charge >= 0.3 is 0 Å². The Morgan fingerprint density at radius 1 is 1.00 bits per heavy atom. The van der Waals surface area contributed by atoms with Gasteiger partial charge in [0.2, 0.25) is 0 Å². The van der Waals surface area contributed by atoms with Gasteiger partial charge in [-0.05, 0) is 6.07 Å². The number of aromatic amines is 1. The van der Waals surface area contributed by atoms with Gasteiger partial charge in [-0.1, -0.05) is 12.2 Å². The number of hydrogen-bond donors (Lipinski definition) is 1. The molecule has 0 aliphatic carbocycles. The topological polar surface area (TPSA) is 65.6 Å². The maximum Gasteiger partial charge on any atom is 0.163 e. The summed E-state index contributed by atoms with van der Waals surface area (Å²) in [4.78, 5) is 7.12. The zero-order valence-corrected chi connectivity index (χ0v) is 12.9. The van der Waals surface area contributed by atoms with Gasteiger partial charge in [-0.25, -0.2) is 4.98 Å². The van der Waals surface area contributed by atoms with Crippen LogP contribution in [0.4, 0.5) is 0 Å². The number of H-pyrrole nitrogens is 1. The molecule has 0 aliphatic heterocycles.